The zero-order chi connectivity index (χ0) is 7.56. The van der Waals surface area contributed by atoms with Crippen molar-refractivity contribution < 1.29 is 5.11 Å². The number of aliphatic hydroxyl groups excluding tert-OH is 1. The predicted molar refractivity (Wildman–Crippen MR) is 42.7 cm³/mol. The summed E-state index contributed by atoms with van der Waals surface area (Å²) in [6.07, 6.45) is 3.69. The lowest BCUT2D eigenvalue weighted by atomic mass is 9.91. The molecule has 0 radical (unpaired) electrons. The Balaban J connectivity index is 2.50. The number of rotatable bonds is 2. The van der Waals surface area contributed by atoms with Crippen molar-refractivity contribution in [2.45, 2.75) is 26.2 Å². The molecule has 1 aliphatic carbocycles. The summed E-state index contributed by atoms with van der Waals surface area (Å²) < 4.78 is 0. The number of allylic oxidation sites excluding steroid dienone is 1. The predicted octanol–water partition coefficient (Wildman–Crippen LogP) is 1.97. The normalized spacial score (nSPS) is 32.6. The molecule has 0 aromatic heterocycles. The Hall–Kier alpha value is -0.300. The van der Waals surface area contributed by atoms with Crippen molar-refractivity contribution in [3.63, 3.8) is 0 Å². The van der Waals surface area contributed by atoms with Crippen molar-refractivity contribution in [3.8, 4) is 0 Å². The third-order valence-corrected chi connectivity index (χ3v) is 2.53. The fourth-order valence-corrected chi connectivity index (χ4v) is 1.90. The van der Waals surface area contributed by atoms with Gasteiger partial charge in [-0.3, -0.25) is 0 Å². The molecule has 0 heterocycles. The van der Waals surface area contributed by atoms with Crippen LogP contribution in [0.1, 0.15) is 26.2 Å². The van der Waals surface area contributed by atoms with E-state index in [4.69, 9.17) is 5.11 Å². The zero-order valence-corrected chi connectivity index (χ0v) is 6.64. The zero-order valence-electron chi connectivity index (χ0n) is 6.64. The Morgan fingerprint density at radius 1 is 1.60 bits per heavy atom. The summed E-state index contributed by atoms with van der Waals surface area (Å²) in [7, 11) is 0. The van der Waals surface area contributed by atoms with Crippen LogP contribution in [0, 0.1) is 11.8 Å². The highest BCUT2D eigenvalue weighted by Gasteiger charge is 2.26. The van der Waals surface area contributed by atoms with E-state index in [0.717, 1.165) is 0 Å². The monoisotopic (exact) mass is 140 g/mol. The minimum Gasteiger partial charge on any atom is -0.396 e. The number of hydrogen-bond donors (Lipinski definition) is 1. The molecule has 1 fully saturated rings. The van der Waals surface area contributed by atoms with Crippen LogP contribution < -0.4 is 0 Å². The molecule has 1 N–H and O–H groups in total. The topological polar surface area (TPSA) is 20.2 Å². The molecule has 0 spiro atoms. The summed E-state index contributed by atoms with van der Waals surface area (Å²) in [6.45, 7) is 6.34. The van der Waals surface area contributed by atoms with E-state index in [2.05, 4.69) is 13.5 Å². The third kappa shape index (κ3) is 1.40. The fourth-order valence-electron chi connectivity index (χ4n) is 1.90. The van der Waals surface area contributed by atoms with Crippen LogP contribution in [0.15, 0.2) is 12.2 Å². The molecular formula is C9H16O. The van der Waals surface area contributed by atoms with Gasteiger partial charge >= 0.3 is 0 Å². The van der Waals surface area contributed by atoms with Crippen LogP contribution in [0.2, 0.25) is 0 Å². The second-order valence-electron chi connectivity index (χ2n) is 3.33. The molecule has 0 amide bonds. The minimum atomic E-state index is 0.345. The Kier molecular flexibility index (Phi) is 2.50. The molecule has 10 heavy (non-hydrogen) atoms. The van der Waals surface area contributed by atoms with Gasteiger partial charge in [-0.05, 0) is 31.6 Å². The van der Waals surface area contributed by atoms with E-state index < -0.39 is 0 Å². The molecule has 0 aromatic rings. The van der Waals surface area contributed by atoms with E-state index in [1.54, 1.807) is 0 Å². The van der Waals surface area contributed by atoms with Gasteiger partial charge < -0.3 is 5.11 Å². The van der Waals surface area contributed by atoms with Crippen LogP contribution >= 0.6 is 0 Å². The van der Waals surface area contributed by atoms with E-state index >= 15 is 0 Å². The highest BCUT2D eigenvalue weighted by atomic mass is 16.3. The van der Waals surface area contributed by atoms with Crippen LogP contribution in [0.4, 0.5) is 0 Å². The van der Waals surface area contributed by atoms with E-state index in [1.807, 2.05) is 0 Å². The first-order valence-electron chi connectivity index (χ1n) is 4.02. The van der Waals surface area contributed by atoms with Gasteiger partial charge in [0.05, 0.1) is 0 Å². The van der Waals surface area contributed by atoms with Crippen LogP contribution in [-0.2, 0) is 0 Å². The summed E-state index contributed by atoms with van der Waals surface area (Å²) in [6, 6.07) is 0. The number of hydrogen-bond acceptors (Lipinski definition) is 1. The molecule has 0 aromatic carbocycles. The lowest BCUT2D eigenvalue weighted by molar-refractivity contribution is 0.207. The van der Waals surface area contributed by atoms with E-state index in [0.29, 0.717) is 18.4 Å². The highest BCUT2D eigenvalue weighted by Crippen LogP contribution is 2.35. The fraction of sp³-hybridized carbons (Fsp3) is 0.778. The smallest absolute Gasteiger partial charge is 0.0464 e. The van der Waals surface area contributed by atoms with Crippen molar-refractivity contribution in [3.05, 3.63) is 12.2 Å². The lowest BCUT2D eigenvalue weighted by Crippen LogP contribution is -2.12. The SMILES string of the molecule is C=C(C)[C@H]1CCC[C@@H]1CO. The molecule has 1 rings (SSSR count). The second-order valence-corrected chi connectivity index (χ2v) is 3.33. The van der Waals surface area contributed by atoms with Gasteiger partial charge in [-0.25, -0.2) is 0 Å². The molecule has 2 atom stereocenters. The van der Waals surface area contributed by atoms with E-state index in [-0.39, 0.29) is 0 Å². The Morgan fingerprint density at radius 3 is 2.70 bits per heavy atom. The largest absolute Gasteiger partial charge is 0.396 e. The molecule has 58 valence electrons. The summed E-state index contributed by atoms with van der Waals surface area (Å²) in [5.41, 5.74) is 1.25. The lowest BCUT2D eigenvalue weighted by Gasteiger charge is -2.16. The van der Waals surface area contributed by atoms with Crippen LogP contribution in [0.3, 0.4) is 0 Å². The van der Waals surface area contributed by atoms with Crippen LogP contribution in [-0.4, -0.2) is 11.7 Å². The second kappa shape index (κ2) is 3.20. The standard InChI is InChI=1S/C9H16O/c1-7(2)9-5-3-4-8(9)6-10/h8-10H,1,3-6H2,2H3/t8-,9-/m1/s1. The molecular weight excluding hydrogens is 124 g/mol. The van der Waals surface area contributed by atoms with Crippen molar-refractivity contribution in [2.24, 2.45) is 11.8 Å². The molecule has 0 bridgehead atoms. The molecule has 0 aliphatic heterocycles. The van der Waals surface area contributed by atoms with Crippen molar-refractivity contribution in [2.75, 3.05) is 6.61 Å². The van der Waals surface area contributed by atoms with Crippen molar-refractivity contribution in [1.82, 2.24) is 0 Å². The van der Waals surface area contributed by atoms with Gasteiger partial charge in [0.1, 0.15) is 0 Å². The Bertz CT molecular complexity index is 129. The van der Waals surface area contributed by atoms with Gasteiger partial charge in [-0.1, -0.05) is 18.6 Å². The van der Waals surface area contributed by atoms with Gasteiger partial charge in [0.2, 0.25) is 0 Å². The molecule has 1 saturated carbocycles. The number of aliphatic hydroxyl groups is 1. The molecule has 1 aliphatic rings. The summed E-state index contributed by atoms with van der Waals surface area (Å²) in [5.74, 6) is 1.11. The van der Waals surface area contributed by atoms with Crippen LogP contribution in [0.25, 0.3) is 0 Å². The average molecular weight is 140 g/mol. The maximum atomic E-state index is 8.94. The molecule has 1 heteroatoms. The summed E-state index contributed by atoms with van der Waals surface area (Å²) in [4.78, 5) is 0. The van der Waals surface area contributed by atoms with Crippen molar-refractivity contribution in [1.29, 1.82) is 0 Å². The van der Waals surface area contributed by atoms with Gasteiger partial charge in [-0.15, -0.1) is 0 Å². The van der Waals surface area contributed by atoms with Crippen LogP contribution in [0.5, 0.6) is 0 Å². The summed E-state index contributed by atoms with van der Waals surface area (Å²) in [5, 5.41) is 8.94. The van der Waals surface area contributed by atoms with Gasteiger partial charge in [-0.2, -0.15) is 0 Å². The Labute approximate surface area is 62.8 Å². The average Bonchev–Trinajstić information content (AvgIpc) is 2.33. The van der Waals surface area contributed by atoms with Crippen molar-refractivity contribution >= 4 is 0 Å². The third-order valence-electron chi connectivity index (χ3n) is 2.53. The quantitative estimate of drug-likeness (QED) is 0.581. The highest BCUT2D eigenvalue weighted by molar-refractivity contribution is 5.01. The van der Waals surface area contributed by atoms with Gasteiger partial charge in [0.25, 0.3) is 0 Å². The maximum absolute atomic E-state index is 8.94. The van der Waals surface area contributed by atoms with Gasteiger partial charge in [0.15, 0.2) is 0 Å². The first-order valence-corrected chi connectivity index (χ1v) is 4.02. The van der Waals surface area contributed by atoms with E-state index in [1.165, 1.54) is 24.8 Å². The maximum Gasteiger partial charge on any atom is 0.0464 e. The molecule has 0 unspecified atom stereocenters. The first kappa shape index (κ1) is 7.80. The Morgan fingerprint density at radius 2 is 2.30 bits per heavy atom. The van der Waals surface area contributed by atoms with Gasteiger partial charge in [0, 0.05) is 6.61 Å². The first-order chi connectivity index (χ1) is 4.75. The van der Waals surface area contributed by atoms with E-state index in [9.17, 15) is 0 Å². The minimum absolute atomic E-state index is 0.345. The summed E-state index contributed by atoms with van der Waals surface area (Å²) >= 11 is 0. The molecule has 1 nitrogen and oxygen atoms in total. The molecule has 0 saturated heterocycles.